The third-order valence-electron chi connectivity index (χ3n) is 2.46. The summed E-state index contributed by atoms with van der Waals surface area (Å²) in [5.74, 6) is -0.549. The fourth-order valence-corrected chi connectivity index (χ4v) is 1.51. The molecule has 0 saturated heterocycles. The lowest BCUT2D eigenvalue weighted by Crippen LogP contribution is -2.44. The van der Waals surface area contributed by atoms with E-state index in [0.717, 1.165) is 0 Å². The predicted molar refractivity (Wildman–Crippen MR) is 81.2 cm³/mol. The third kappa shape index (κ3) is 7.88. The van der Waals surface area contributed by atoms with Crippen molar-refractivity contribution in [3.63, 3.8) is 0 Å². The number of hydrogen-bond donors (Lipinski definition) is 3. The number of para-hydroxylation sites is 1. The molecule has 7 heteroatoms. The molecule has 0 heterocycles. The first-order valence-electron chi connectivity index (χ1n) is 6.98. The van der Waals surface area contributed by atoms with Crippen molar-refractivity contribution in [1.29, 1.82) is 0 Å². The zero-order chi connectivity index (χ0) is 16.4. The van der Waals surface area contributed by atoms with E-state index in [9.17, 15) is 14.4 Å². The zero-order valence-corrected chi connectivity index (χ0v) is 12.7. The molecule has 120 valence electrons. The summed E-state index contributed by atoms with van der Waals surface area (Å²) in [6, 6.07) is 8.90. The Kier molecular flexibility index (Phi) is 7.45. The van der Waals surface area contributed by atoms with Crippen LogP contribution in [0.5, 0.6) is 5.75 Å². The average molecular weight is 307 g/mol. The van der Waals surface area contributed by atoms with Crippen LogP contribution in [0, 0.1) is 0 Å². The topological polar surface area (TPSA) is 96.5 Å². The largest absolute Gasteiger partial charge is 0.484 e. The van der Waals surface area contributed by atoms with Crippen molar-refractivity contribution in [1.82, 2.24) is 16.0 Å². The molecule has 0 aliphatic heterocycles. The summed E-state index contributed by atoms with van der Waals surface area (Å²) in [4.78, 5) is 34.3. The van der Waals surface area contributed by atoms with Crippen molar-refractivity contribution in [2.24, 2.45) is 0 Å². The lowest BCUT2D eigenvalue weighted by molar-refractivity contribution is -0.128. The standard InChI is InChI=1S/C15H21N3O4/c1-11(2)18-14(20)9-16-13(19)8-17-15(21)10-22-12-6-4-3-5-7-12/h3-7,11H,8-10H2,1-2H3,(H,16,19)(H,17,21)(H,18,20). The monoisotopic (exact) mass is 307 g/mol. The number of carbonyl (C=O) groups is 3. The maximum Gasteiger partial charge on any atom is 0.258 e. The molecule has 7 nitrogen and oxygen atoms in total. The van der Waals surface area contributed by atoms with Crippen molar-refractivity contribution in [2.45, 2.75) is 19.9 Å². The number of amides is 3. The van der Waals surface area contributed by atoms with Gasteiger partial charge in [0.05, 0.1) is 13.1 Å². The lowest BCUT2D eigenvalue weighted by atomic mass is 10.3. The van der Waals surface area contributed by atoms with E-state index in [1.54, 1.807) is 24.3 Å². The van der Waals surface area contributed by atoms with Gasteiger partial charge >= 0.3 is 0 Å². The molecule has 1 aromatic carbocycles. The van der Waals surface area contributed by atoms with Crippen LogP contribution in [0.4, 0.5) is 0 Å². The first-order chi connectivity index (χ1) is 10.5. The van der Waals surface area contributed by atoms with E-state index < -0.39 is 11.8 Å². The van der Waals surface area contributed by atoms with Gasteiger partial charge in [-0.3, -0.25) is 14.4 Å². The first kappa shape index (κ1) is 17.5. The van der Waals surface area contributed by atoms with Gasteiger partial charge in [0.15, 0.2) is 6.61 Å². The highest BCUT2D eigenvalue weighted by Crippen LogP contribution is 2.07. The molecular weight excluding hydrogens is 286 g/mol. The van der Waals surface area contributed by atoms with Crippen molar-refractivity contribution in [2.75, 3.05) is 19.7 Å². The summed E-state index contributed by atoms with van der Waals surface area (Å²) in [6.07, 6.45) is 0. The fourth-order valence-electron chi connectivity index (χ4n) is 1.51. The van der Waals surface area contributed by atoms with Gasteiger partial charge in [0, 0.05) is 6.04 Å². The van der Waals surface area contributed by atoms with E-state index in [1.165, 1.54) is 0 Å². The molecule has 0 bridgehead atoms. The Morgan fingerprint density at radius 1 is 0.955 bits per heavy atom. The highest BCUT2D eigenvalue weighted by molar-refractivity contribution is 5.88. The quantitative estimate of drug-likeness (QED) is 0.621. The van der Waals surface area contributed by atoms with Crippen molar-refractivity contribution >= 4 is 17.7 Å². The maximum absolute atomic E-state index is 11.5. The van der Waals surface area contributed by atoms with E-state index in [1.807, 2.05) is 19.9 Å². The van der Waals surface area contributed by atoms with Crippen LogP contribution in [0.2, 0.25) is 0 Å². The summed E-state index contributed by atoms with van der Waals surface area (Å²) in [5, 5.41) is 7.46. The minimum absolute atomic E-state index is 0.0132. The molecule has 0 aromatic heterocycles. The number of carbonyl (C=O) groups excluding carboxylic acids is 3. The second kappa shape index (κ2) is 9.38. The van der Waals surface area contributed by atoms with Crippen LogP contribution in [0.3, 0.4) is 0 Å². The fraction of sp³-hybridized carbons (Fsp3) is 0.400. The van der Waals surface area contributed by atoms with Crippen LogP contribution < -0.4 is 20.7 Å². The minimum atomic E-state index is -0.438. The van der Waals surface area contributed by atoms with E-state index in [2.05, 4.69) is 16.0 Å². The summed E-state index contributed by atoms with van der Waals surface area (Å²) >= 11 is 0. The highest BCUT2D eigenvalue weighted by atomic mass is 16.5. The molecule has 1 rings (SSSR count). The number of ether oxygens (including phenoxy) is 1. The SMILES string of the molecule is CC(C)NC(=O)CNC(=O)CNC(=O)COc1ccccc1. The Labute approximate surface area is 129 Å². The van der Waals surface area contributed by atoms with Gasteiger partial charge in [-0.2, -0.15) is 0 Å². The molecule has 0 saturated carbocycles. The predicted octanol–water partition coefficient (Wildman–Crippen LogP) is -0.178. The van der Waals surface area contributed by atoms with Gasteiger partial charge in [-0.25, -0.2) is 0 Å². The van der Waals surface area contributed by atoms with Crippen LogP contribution in [-0.2, 0) is 14.4 Å². The second-order valence-electron chi connectivity index (χ2n) is 4.88. The van der Waals surface area contributed by atoms with Gasteiger partial charge in [0.1, 0.15) is 5.75 Å². The van der Waals surface area contributed by atoms with Crippen molar-refractivity contribution in [3.05, 3.63) is 30.3 Å². The Morgan fingerprint density at radius 3 is 2.18 bits per heavy atom. The van der Waals surface area contributed by atoms with Crippen LogP contribution in [0.25, 0.3) is 0 Å². The van der Waals surface area contributed by atoms with Crippen LogP contribution in [0.1, 0.15) is 13.8 Å². The third-order valence-corrected chi connectivity index (χ3v) is 2.46. The van der Waals surface area contributed by atoms with Gasteiger partial charge in [-0.15, -0.1) is 0 Å². The van der Waals surface area contributed by atoms with Gasteiger partial charge in [0.2, 0.25) is 11.8 Å². The van der Waals surface area contributed by atoms with Gasteiger partial charge < -0.3 is 20.7 Å². The molecule has 3 amide bonds. The van der Waals surface area contributed by atoms with E-state index in [0.29, 0.717) is 5.75 Å². The number of rotatable bonds is 8. The molecule has 0 aliphatic rings. The Bertz CT molecular complexity index is 503. The molecule has 22 heavy (non-hydrogen) atoms. The van der Waals surface area contributed by atoms with Gasteiger partial charge in [0.25, 0.3) is 5.91 Å². The van der Waals surface area contributed by atoms with E-state index in [4.69, 9.17) is 4.74 Å². The maximum atomic E-state index is 11.5. The summed E-state index contributed by atoms with van der Waals surface area (Å²) in [7, 11) is 0. The zero-order valence-electron chi connectivity index (χ0n) is 12.7. The molecule has 0 unspecified atom stereocenters. The number of hydrogen-bond acceptors (Lipinski definition) is 4. The summed E-state index contributed by atoms with van der Waals surface area (Å²) in [5.41, 5.74) is 0. The molecule has 0 aliphatic carbocycles. The molecule has 3 N–H and O–H groups in total. The average Bonchev–Trinajstić information content (AvgIpc) is 2.49. The first-order valence-corrected chi connectivity index (χ1v) is 6.98. The van der Waals surface area contributed by atoms with Gasteiger partial charge in [-0.05, 0) is 26.0 Å². The van der Waals surface area contributed by atoms with Crippen LogP contribution in [-0.4, -0.2) is 43.5 Å². The molecular formula is C15H21N3O4. The highest BCUT2D eigenvalue weighted by Gasteiger charge is 2.08. The van der Waals surface area contributed by atoms with Crippen LogP contribution in [0.15, 0.2) is 30.3 Å². The molecule has 1 aromatic rings. The Hall–Kier alpha value is -2.57. The number of nitrogens with one attached hydrogen (secondary N) is 3. The van der Waals surface area contributed by atoms with Gasteiger partial charge in [-0.1, -0.05) is 18.2 Å². The smallest absolute Gasteiger partial charge is 0.258 e. The Balaban J connectivity index is 2.15. The Morgan fingerprint density at radius 2 is 1.55 bits per heavy atom. The lowest BCUT2D eigenvalue weighted by Gasteiger charge is -2.10. The molecule has 0 fully saturated rings. The molecule has 0 atom stereocenters. The second-order valence-corrected chi connectivity index (χ2v) is 4.88. The van der Waals surface area contributed by atoms with E-state index in [-0.39, 0.29) is 31.6 Å². The van der Waals surface area contributed by atoms with Crippen molar-refractivity contribution < 1.29 is 19.1 Å². The minimum Gasteiger partial charge on any atom is -0.484 e. The van der Waals surface area contributed by atoms with Crippen molar-refractivity contribution in [3.8, 4) is 5.75 Å². The molecule has 0 radical (unpaired) electrons. The summed E-state index contributed by atoms with van der Waals surface area (Å²) < 4.78 is 5.23. The normalized spacial score (nSPS) is 9.95. The summed E-state index contributed by atoms with van der Waals surface area (Å²) in [6.45, 7) is 3.16. The number of benzene rings is 1. The van der Waals surface area contributed by atoms with Crippen LogP contribution >= 0.6 is 0 Å². The molecule has 0 spiro atoms. The van der Waals surface area contributed by atoms with E-state index >= 15 is 0 Å².